The Labute approximate surface area is 127 Å². The molecule has 0 radical (unpaired) electrons. The van der Waals surface area contributed by atoms with Crippen LogP contribution in [0.2, 0.25) is 0 Å². The molecule has 1 N–H and O–H groups in total. The predicted molar refractivity (Wildman–Crippen MR) is 85.8 cm³/mol. The molecule has 3 aromatic rings. The Bertz CT molecular complexity index is 809. The molecule has 0 saturated carbocycles. The Kier molecular flexibility index (Phi) is 3.74. The van der Waals surface area contributed by atoms with E-state index in [0.717, 1.165) is 29.1 Å². The lowest BCUT2D eigenvalue weighted by Gasteiger charge is -2.08. The van der Waals surface area contributed by atoms with Crippen LogP contribution in [0.3, 0.4) is 0 Å². The molecule has 0 spiro atoms. The Morgan fingerprint density at radius 3 is 2.59 bits per heavy atom. The maximum Gasteiger partial charge on any atom is 0.269 e. The zero-order chi connectivity index (χ0) is 15.5. The summed E-state index contributed by atoms with van der Waals surface area (Å²) in [6.45, 7) is 3.50. The fourth-order valence-electron chi connectivity index (χ4n) is 2.50. The number of imidazole rings is 1. The van der Waals surface area contributed by atoms with Gasteiger partial charge in [-0.25, -0.2) is 4.98 Å². The summed E-state index contributed by atoms with van der Waals surface area (Å²) in [5.41, 5.74) is 3.02. The minimum absolute atomic E-state index is 0.0892. The number of para-hydroxylation sites is 2. The molecular weight excluding hydrogens is 280 g/mol. The highest BCUT2D eigenvalue weighted by molar-refractivity contribution is 5.76. The summed E-state index contributed by atoms with van der Waals surface area (Å²) in [6.07, 6.45) is 0. The van der Waals surface area contributed by atoms with Gasteiger partial charge in [0.25, 0.3) is 5.69 Å². The van der Waals surface area contributed by atoms with Gasteiger partial charge in [0.1, 0.15) is 5.82 Å². The normalized spacial score (nSPS) is 10.8. The standard InChI is InChI=1S/C16H16N4O2/c1-2-19-15-6-4-3-5-14(15)18-16(19)11-17-12-7-9-13(10-8-12)20(21)22/h3-10,17H,2,11H2,1H3. The van der Waals surface area contributed by atoms with E-state index in [1.165, 1.54) is 12.1 Å². The summed E-state index contributed by atoms with van der Waals surface area (Å²) >= 11 is 0. The van der Waals surface area contributed by atoms with Gasteiger partial charge >= 0.3 is 0 Å². The third kappa shape index (κ3) is 2.63. The first-order chi connectivity index (χ1) is 10.7. The van der Waals surface area contributed by atoms with E-state index in [1.54, 1.807) is 12.1 Å². The van der Waals surface area contributed by atoms with Crippen molar-refractivity contribution in [3.05, 3.63) is 64.5 Å². The van der Waals surface area contributed by atoms with Crippen molar-refractivity contribution in [1.29, 1.82) is 0 Å². The maximum atomic E-state index is 10.6. The SMILES string of the molecule is CCn1c(CNc2ccc([N+](=O)[O-])cc2)nc2ccccc21. The number of benzene rings is 2. The van der Waals surface area contributed by atoms with Crippen molar-refractivity contribution < 1.29 is 4.92 Å². The van der Waals surface area contributed by atoms with Crippen LogP contribution < -0.4 is 5.32 Å². The number of aryl methyl sites for hydroxylation is 1. The van der Waals surface area contributed by atoms with Gasteiger partial charge in [0.15, 0.2) is 0 Å². The van der Waals surface area contributed by atoms with E-state index in [9.17, 15) is 10.1 Å². The zero-order valence-electron chi connectivity index (χ0n) is 12.2. The van der Waals surface area contributed by atoms with Gasteiger partial charge in [-0.05, 0) is 31.2 Å². The van der Waals surface area contributed by atoms with Crippen LogP contribution in [0.5, 0.6) is 0 Å². The van der Waals surface area contributed by atoms with E-state index >= 15 is 0 Å². The van der Waals surface area contributed by atoms with Crippen LogP contribution in [0, 0.1) is 10.1 Å². The van der Waals surface area contributed by atoms with Crippen LogP contribution >= 0.6 is 0 Å². The maximum absolute atomic E-state index is 10.6. The molecule has 1 heterocycles. The fourth-order valence-corrected chi connectivity index (χ4v) is 2.50. The average molecular weight is 296 g/mol. The summed E-state index contributed by atoms with van der Waals surface area (Å²) in [4.78, 5) is 14.9. The number of non-ortho nitro benzene ring substituents is 1. The van der Waals surface area contributed by atoms with E-state index in [-0.39, 0.29) is 5.69 Å². The van der Waals surface area contributed by atoms with Gasteiger partial charge in [0.2, 0.25) is 0 Å². The number of fused-ring (bicyclic) bond motifs is 1. The second kappa shape index (κ2) is 5.85. The second-order valence-corrected chi connectivity index (χ2v) is 4.92. The highest BCUT2D eigenvalue weighted by atomic mass is 16.6. The molecule has 22 heavy (non-hydrogen) atoms. The molecule has 0 fully saturated rings. The smallest absolute Gasteiger partial charge is 0.269 e. The first kappa shape index (κ1) is 14.1. The highest BCUT2D eigenvalue weighted by Gasteiger charge is 2.09. The number of aromatic nitrogens is 2. The van der Waals surface area contributed by atoms with Gasteiger partial charge in [-0.1, -0.05) is 12.1 Å². The van der Waals surface area contributed by atoms with Crippen molar-refractivity contribution in [1.82, 2.24) is 9.55 Å². The van der Waals surface area contributed by atoms with Crippen LogP contribution in [0.1, 0.15) is 12.7 Å². The summed E-state index contributed by atoms with van der Waals surface area (Å²) in [7, 11) is 0. The number of hydrogen-bond acceptors (Lipinski definition) is 4. The molecule has 6 heteroatoms. The first-order valence-corrected chi connectivity index (χ1v) is 7.11. The zero-order valence-corrected chi connectivity index (χ0v) is 12.2. The van der Waals surface area contributed by atoms with Crippen LogP contribution in [-0.4, -0.2) is 14.5 Å². The lowest BCUT2D eigenvalue weighted by Crippen LogP contribution is -2.07. The largest absolute Gasteiger partial charge is 0.378 e. The van der Waals surface area contributed by atoms with Gasteiger partial charge in [-0.3, -0.25) is 10.1 Å². The average Bonchev–Trinajstić information content (AvgIpc) is 2.90. The number of nitro groups is 1. The Morgan fingerprint density at radius 2 is 1.91 bits per heavy atom. The van der Waals surface area contributed by atoms with Crippen molar-refractivity contribution >= 4 is 22.4 Å². The molecule has 0 saturated heterocycles. The van der Waals surface area contributed by atoms with E-state index < -0.39 is 4.92 Å². The van der Waals surface area contributed by atoms with Gasteiger partial charge in [0.05, 0.1) is 22.5 Å². The molecule has 0 bridgehead atoms. The van der Waals surface area contributed by atoms with E-state index in [1.807, 2.05) is 18.2 Å². The number of rotatable bonds is 5. The van der Waals surface area contributed by atoms with Crippen molar-refractivity contribution in [3.8, 4) is 0 Å². The van der Waals surface area contributed by atoms with Crippen molar-refractivity contribution in [3.63, 3.8) is 0 Å². The lowest BCUT2D eigenvalue weighted by molar-refractivity contribution is -0.384. The molecule has 3 rings (SSSR count). The van der Waals surface area contributed by atoms with Crippen LogP contribution in [0.25, 0.3) is 11.0 Å². The third-order valence-electron chi connectivity index (χ3n) is 3.58. The molecule has 0 amide bonds. The number of anilines is 1. The third-order valence-corrected chi connectivity index (χ3v) is 3.58. The van der Waals surface area contributed by atoms with Crippen LogP contribution in [0.4, 0.5) is 11.4 Å². The molecule has 0 atom stereocenters. The number of nitro benzene ring substituents is 1. The van der Waals surface area contributed by atoms with E-state index in [2.05, 4.69) is 27.9 Å². The van der Waals surface area contributed by atoms with Gasteiger partial charge in [0, 0.05) is 24.4 Å². The quantitative estimate of drug-likeness (QED) is 0.577. The number of hydrogen-bond donors (Lipinski definition) is 1. The monoisotopic (exact) mass is 296 g/mol. The van der Waals surface area contributed by atoms with Crippen molar-refractivity contribution in [2.75, 3.05) is 5.32 Å². The Balaban J connectivity index is 1.80. The molecule has 6 nitrogen and oxygen atoms in total. The molecule has 0 unspecified atom stereocenters. The summed E-state index contributed by atoms with van der Waals surface area (Å²) in [5, 5.41) is 13.9. The Hall–Kier alpha value is -2.89. The summed E-state index contributed by atoms with van der Waals surface area (Å²) < 4.78 is 2.16. The molecule has 2 aromatic carbocycles. The molecule has 112 valence electrons. The minimum atomic E-state index is -0.402. The molecular formula is C16H16N4O2. The number of nitrogens with zero attached hydrogens (tertiary/aromatic N) is 3. The van der Waals surface area contributed by atoms with Gasteiger partial charge < -0.3 is 9.88 Å². The number of nitrogens with one attached hydrogen (secondary N) is 1. The van der Waals surface area contributed by atoms with Gasteiger partial charge in [-0.2, -0.15) is 0 Å². The second-order valence-electron chi connectivity index (χ2n) is 4.92. The topological polar surface area (TPSA) is 73.0 Å². The first-order valence-electron chi connectivity index (χ1n) is 7.11. The van der Waals surface area contributed by atoms with Crippen LogP contribution in [0.15, 0.2) is 48.5 Å². The van der Waals surface area contributed by atoms with E-state index in [0.29, 0.717) is 6.54 Å². The molecule has 0 aliphatic rings. The highest BCUT2D eigenvalue weighted by Crippen LogP contribution is 2.19. The molecule has 1 aromatic heterocycles. The van der Waals surface area contributed by atoms with Crippen molar-refractivity contribution in [2.24, 2.45) is 0 Å². The van der Waals surface area contributed by atoms with Crippen LogP contribution in [-0.2, 0) is 13.1 Å². The minimum Gasteiger partial charge on any atom is -0.378 e. The summed E-state index contributed by atoms with van der Waals surface area (Å²) in [5.74, 6) is 0.946. The van der Waals surface area contributed by atoms with Gasteiger partial charge in [-0.15, -0.1) is 0 Å². The predicted octanol–water partition coefficient (Wildman–Crippen LogP) is 3.58. The Morgan fingerprint density at radius 1 is 1.18 bits per heavy atom. The fraction of sp³-hybridized carbons (Fsp3) is 0.188. The summed E-state index contributed by atoms with van der Waals surface area (Å²) in [6, 6.07) is 14.4. The molecule has 0 aliphatic heterocycles. The van der Waals surface area contributed by atoms with Crippen molar-refractivity contribution in [2.45, 2.75) is 20.0 Å². The van der Waals surface area contributed by atoms with E-state index in [4.69, 9.17) is 0 Å². The lowest BCUT2D eigenvalue weighted by atomic mass is 10.3. The molecule has 0 aliphatic carbocycles.